The molecule has 1 saturated heterocycles. The monoisotopic (exact) mass is 450 g/mol. The number of hydrogen-bond donors (Lipinski definition) is 0. The number of hydrogen-bond acceptors (Lipinski definition) is 6. The molecule has 2 aliphatic rings. The van der Waals surface area contributed by atoms with Crippen molar-refractivity contribution in [3.05, 3.63) is 15.8 Å². The molecule has 0 saturated carbocycles. The first-order chi connectivity index (χ1) is 10.2. The largest absolute Gasteiger partial charge is 0.523 e. The average molecular weight is 450 g/mol. The predicted molar refractivity (Wildman–Crippen MR) is 78.0 cm³/mol. The Bertz CT molecular complexity index is 697. The minimum atomic E-state index is -5.60. The Morgan fingerprint density at radius 2 is 2.18 bits per heavy atom. The molecule has 0 amide bonds. The first-order valence-corrected chi connectivity index (χ1v) is 8.71. The molecular formula is C11H10F3IN2O4S. The highest BCUT2D eigenvalue weighted by Crippen LogP contribution is 2.40. The lowest BCUT2D eigenvalue weighted by molar-refractivity contribution is -0.0567. The van der Waals surface area contributed by atoms with Gasteiger partial charge in [0, 0.05) is 19.2 Å². The number of fused-ring (bicyclic) bond motifs is 3. The summed E-state index contributed by atoms with van der Waals surface area (Å²) >= 11 is 2.07. The average Bonchev–Trinajstić information content (AvgIpc) is 2.79. The molecule has 0 radical (unpaired) electrons. The molecular weight excluding hydrogens is 440 g/mol. The number of nitrogens with zero attached hydrogens (tertiary/aromatic N) is 2. The lowest BCUT2D eigenvalue weighted by Crippen LogP contribution is -2.39. The zero-order valence-electron chi connectivity index (χ0n) is 10.9. The van der Waals surface area contributed by atoms with Crippen molar-refractivity contribution in [3.8, 4) is 5.75 Å². The summed E-state index contributed by atoms with van der Waals surface area (Å²) in [5, 5.41) is 0. The van der Waals surface area contributed by atoms with Crippen LogP contribution in [0.2, 0.25) is 0 Å². The summed E-state index contributed by atoms with van der Waals surface area (Å²) in [4.78, 5) is 5.91. The van der Waals surface area contributed by atoms with Crippen LogP contribution in [0.5, 0.6) is 5.75 Å². The van der Waals surface area contributed by atoms with Crippen LogP contribution in [0.15, 0.2) is 12.3 Å². The summed E-state index contributed by atoms with van der Waals surface area (Å²) in [7, 11) is -5.60. The number of aromatic nitrogens is 1. The quantitative estimate of drug-likeness (QED) is 0.390. The van der Waals surface area contributed by atoms with Gasteiger partial charge >= 0.3 is 15.6 Å². The van der Waals surface area contributed by atoms with Crippen LogP contribution >= 0.6 is 22.6 Å². The number of halogens is 4. The van der Waals surface area contributed by atoms with Crippen LogP contribution in [0.3, 0.4) is 0 Å². The van der Waals surface area contributed by atoms with E-state index in [4.69, 9.17) is 4.74 Å². The number of rotatable bonds is 2. The molecule has 122 valence electrons. The molecule has 0 aliphatic carbocycles. The fraction of sp³-hybridized carbons (Fsp3) is 0.545. The van der Waals surface area contributed by atoms with Crippen LogP contribution in [0.25, 0.3) is 0 Å². The van der Waals surface area contributed by atoms with Crippen molar-refractivity contribution in [2.24, 2.45) is 0 Å². The van der Waals surface area contributed by atoms with Gasteiger partial charge in [-0.2, -0.15) is 21.6 Å². The summed E-state index contributed by atoms with van der Waals surface area (Å²) in [6.45, 7) is 0.268. The molecule has 0 aromatic carbocycles. The van der Waals surface area contributed by atoms with E-state index in [1.54, 1.807) is 17.2 Å². The fourth-order valence-corrected chi connectivity index (χ4v) is 3.69. The van der Waals surface area contributed by atoms with Crippen molar-refractivity contribution in [1.29, 1.82) is 0 Å². The Balaban J connectivity index is 1.81. The van der Waals surface area contributed by atoms with Gasteiger partial charge < -0.3 is 9.64 Å². The second kappa shape index (κ2) is 5.37. The van der Waals surface area contributed by atoms with E-state index in [-0.39, 0.29) is 25.6 Å². The molecule has 2 atom stereocenters. The second-order valence-electron chi connectivity index (χ2n) is 4.92. The molecule has 1 aromatic heterocycles. The Morgan fingerprint density at radius 1 is 1.45 bits per heavy atom. The molecule has 1 fully saturated rings. The summed E-state index contributed by atoms with van der Waals surface area (Å²) in [5.74, 6) is 1.05. The van der Waals surface area contributed by atoms with Gasteiger partial charge in [0.1, 0.15) is 6.61 Å². The third kappa shape index (κ3) is 2.73. The van der Waals surface area contributed by atoms with E-state index in [9.17, 15) is 21.6 Å². The van der Waals surface area contributed by atoms with E-state index >= 15 is 0 Å². The Kier molecular flexibility index (Phi) is 3.92. The van der Waals surface area contributed by atoms with Crippen molar-refractivity contribution in [2.75, 3.05) is 18.1 Å². The Morgan fingerprint density at radius 3 is 2.86 bits per heavy atom. The van der Waals surface area contributed by atoms with E-state index in [2.05, 4.69) is 31.8 Å². The molecule has 0 bridgehead atoms. The Labute approximate surface area is 137 Å². The number of pyridine rings is 1. The molecule has 3 rings (SSSR count). The normalized spacial score (nSPS) is 24.6. The lowest BCUT2D eigenvalue weighted by atomic mass is 10.2. The van der Waals surface area contributed by atoms with Gasteiger partial charge in [0.05, 0.1) is 15.7 Å². The Hall–Kier alpha value is -0.820. The van der Waals surface area contributed by atoms with Crippen LogP contribution in [-0.2, 0) is 14.3 Å². The van der Waals surface area contributed by atoms with Crippen molar-refractivity contribution in [1.82, 2.24) is 4.98 Å². The lowest BCUT2D eigenvalue weighted by Gasteiger charge is -2.32. The summed E-state index contributed by atoms with van der Waals surface area (Å²) in [5.41, 5.74) is -5.42. The summed E-state index contributed by atoms with van der Waals surface area (Å²) < 4.78 is 70.1. The van der Waals surface area contributed by atoms with Gasteiger partial charge in [-0.25, -0.2) is 4.98 Å². The van der Waals surface area contributed by atoms with Gasteiger partial charge in [-0.05, 0) is 28.7 Å². The standard InChI is InChI=1S/C11H10F3IN2O4S/c12-11(13,14)22(18,19)21-7-3-6-5-20-9-8(15)1-2-16-10(9)17(6)4-7/h1-2,6-7H,3-5H2/t6-,7+/m0/s1. The maximum atomic E-state index is 12.4. The van der Waals surface area contributed by atoms with E-state index in [0.717, 1.165) is 3.57 Å². The van der Waals surface area contributed by atoms with Gasteiger partial charge in [-0.1, -0.05) is 0 Å². The summed E-state index contributed by atoms with van der Waals surface area (Å²) in [6.07, 6.45) is 0.611. The molecule has 0 spiro atoms. The third-order valence-electron chi connectivity index (χ3n) is 3.45. The fourth-order valence-electron chi connectivity index (χ4n) is 2.53. The first kappa shape index (κ1) is 16.1. The minimum Gasteiger partial charge on any atom is -0.486 e. The summed E-state index contributed by atoms with van der Waals surface area (Å²) in [6, 6.07) is 1.49. The van der Waals surface area contributed by atoms with Crippen molar-refractivity contribution in [3.63, 3.8) is 0 Å². The van der Waals surface area contributed by atoms with Crippen LogP contribution in [0.4, 0.5) is 19.0 Å². The molecule has 6 nitrogen and oxygen atoms in total. The molecule has 3 heterocycles. The van der Waals surface area contributed by atoms with Gasteiger partial charge in [0.15, 0.2) is 11.6 Å². The maximum absolute atomic E-state index is 12.4. The van der Waals surface area contributed by atoms with Gasteiger partial charge in [0.25, 0.3) is 0 Å². The van der Waals surface area contributed by atoms with Gasteiger partial charge in [-0.15, -0.1) is 0 Å². The number of alkyl halides is 3. The second-order valence-corrected chi connectivity index (χ2v) is 7.64. The third-order valence-corrected chi connectivity index (χ3v) is 5.39. The highest BCUT2D eigenvalue weighted by Gasteiger charge is 2.50. The first-order valence-electron chi connectivity index (χ1n) is 6.22. The zero-order valence-corrected chi connectivity index (χ0v) is 13.9. The van der Waals surface area contributed by atoms with Crippen LogP contribution in [-0.4, -0.2) is 44.2 Å². The van der Waals surface area contributed by atoms with E-state index in [0.29, 0.717) is 11.6 Å². The smallest absolute Gasteiger partial charge is 0.486 e. The van der Waals surface area contributed by atoms with Crippen LogP contribution < -0.4 is 9.64 Å². The van der Waals surface area contributed by atoms with E-state index < -0.39 is 21.7 Å². The van der Waals surface area contributed by atoms with Crippen molar-refractivity contribution in [2.45, 2.75) is 24.1 Å². The maximum Gasteiger partial charge on any atom is 0.523 e. The predicted octanol–water partition coefficient (Wildman–Crippen LogP) is 1.89. The molecule has 11 heteroatoms. The van der Waals surface area contributed by atoms with Crippen molar-refractivity contribution < 1.29 is 30.5 Å². The van der Waals surface area contributed by atoms with Crippen LogP contribution in [0.1, 0.15) is 6.42 Å². The zero-order chi connectivity index (χ0) is 16.1. The molecule has 0 N–H and O–H groups in total. The van der Waals surface area contributed by atoms with Gasteiger partial charge in [0.2, 0.25) is 0 Å². The molecule has 22 heavy (non-hydrogen) atoms. The highest BCUT2D eigenvalue weighted by molar-refractivity contribution is 14.1. The molecule has 0 unspecified atom stereocenters. The number of anilines is 1. The van der Waals surface area contributed by atoms with Gasteiger partial charge in [-0.3, -0.25) is 4.18 Å². The molecule has 2 aliphatic heterocycles. The minimum absolute atomic E-state index is 0.0173. The molecule has 1 aromatic rings. The van der Waals surface area contributed by atoms with E-state index in [1.807, 2.05) is 0 Å². The highest BCUT2D eigenvalue weighted by atomic mass is 127. The SMILES string of the molecule is O=S(=O)(O[C@@H]1C[C@H]2COc3c(I)ccnc3N2C1)C(F)(F)F. The van der Waals surface area contributed by atoms with Crippen molar-refractivity contribution >= 4 is 38.5 Å². The number of ether oxygens (including phenoxy) is 1. The van der Waals surface area contributed by atoms with E-state index in [1.165, 1.54) is 0 Å². The van der Waals surface area contributed by atoms with Crippen LogP contribution in [0, 0.1) is 3.57 Å². The topological polar surface area (TPSA) is 68.7 Å².